The number of carbonyl (C=O) groups is 2. The summed E-state index contributed by atoms with van der Waals surface area (Å²) in [4.78, 5) is 27.1. The van der Waals surface area contributed by atoms with Gasteiger partial charge < -0.3 is 15.0 Å². The second kappa shape index (κ2) is 10.2. The number of piperidine rings is 1. The summed E-state index contributed by atoms with van der Waals surface area (Å²) in [5.41, 5.74) is 1.71. The first-order valence-corrected chi connectivity index (χ1v) is 10.6. The molecular weight excluding hydrogens is 398 g/mol. The standard InChI is InChI=1S/C23H27N3O3S/c1-3-29-20-9-5-6-17(15-20)21(27)25-23(30)24-19-8-4-7-18(14-19)22(28)26-12-10-16(2)11-13-26/h4-9,14-16H,3,10-13H2,1-2H3,(H2,24,25,27,30). The zero-order valence-corrected chi connectivity index (χ0v) is 18.1. The number of likely N-dealkylation sites (tertiary alicyclic amines) is 1. The molecule has 1 aliphatic heterocycles. The van der Waals surface area contributed by atoms with Crippen molar-refractivity contribution in [3.63, 3.8) is 0 Å². The Morgan fingerprint density at radius 2 is 1.80 bits per heavy atom. The van der Waals surface area contributed by atoms with Crippen LogP contribution >= 0.6 is 12.2 Å². The number of carbonyl (C=O) groups excluding carboxylic acids is 2. The third kappa shape index (κ3) is 5.79. The summed E-state index contributed by atoms with van der Waals surface area (Å²) in [6.45, 7) is 6.20. The van der Waals surface area contributed by atoms with E-state index in [1.165, 1.54) is 0 Å². The van der Waals surface area contributed by atoms with Crippen LogP contribution in [0.4, 0.5) is 5.69 Å². The van der Waals surface area contributed by atoms with Crippen molar-refractivity contribution in [1.29, 1.82) is 0 Å². The average Bonchev–Trinajstić information content (AvgIpc) is 2.74. The van der Waals surface area contributed by atoms with Gasteiger partial charge in [0, 0.05) is 29.9 Å². The van der Waals surface area contributed by atoms with Crippen molar-refractivity contribution in [3.8, 4) is 5.75 Å². The molecule has 0 aromatic heterocycles. The lowest BCUT2D eigenvalue weighted by Crippen LogP contribution is -2.38. The Bertz CT molecular complexity index is 923. The molecule has 2 aromatic carbocycles. The third-order valence-electron chi connectivity index (χ3n) is 5.07. The van der Waals surface area contributed by atoms with Crippen molar-refractivity contribution >= 4 is 34.8 Å². The van der Waals surface area contributed by atoms with Gasteiger partial charge in [0.25, 0.3) is 11.8 Å². The van der Waals surface area contributed by atoms with Crippen LogP contribution in [-0.4, -0.2) is 41.5 Å². The van der Waals surface area contributed by atoms with Crippen molar-refractivity contribution in [2.75, 3.05) is 25.0 Å². The Labute approximate surface area is 182 Å². The lowest BCUT2D eigenvalue weighted by atomic mass is 9.98. The minimum absolute atomic E-state index is 0.0215. The van der Waals surface area contributed by atoms with Gasteiger partial charge in [0.05, 0.1) is 6.61 Å². The number of thiocarbonyl (C=S) groups is 1. The molecule has 0 saturated carbocycles. The molecular formula is C23H27N3O3S. The lowest BCUT2D eigenvalue weighted by molar-refractivity contribution is 0.0697. The summed E-state index contributed by atoms with van der Waals surface area (Å²) in [6.07, 6.45) is 2.06. The fourth-order valence-electron chi connectivity index (χ4n) is 3.36. The molecule has 2 aromatic rings. The van der Waals surface area contributed by atoms with Crippen LogP contribution in [0.2, 0.25) is 0 Å². The minimum atomic E-state index is -0.330. The highest BCUT2D eigenvalue weighted by Gasteiger charge is 2.21. The summed E-state index contributed by atoms with van der Waals surface area (Å²) in [7, 11) is 0. The van der Waals surface area contributed by atoms with Gasteiger partial charge in [0.2, 0.25) is 0 Å². The van der Waals surface area contributed by atoms with Gasteiger partial charge in [-0.2, -0.15) is 0 Å². The second-order valence-electron chi connectivity index (χ2n) is 7.42. The van der Waals surface area contributed by atoms with Gasteiger partial charge in [-0.05, 0) is 74.3 Å². The lowest BCUT2D eigenvalue weighted by Gasteiger charge is -2.30. The third-order valence-corrected chi connectivity index (χ3v) is 5.28. The van der Waals surface area contributed by atoms with Gasteiger partial charge in [0.15, 0.2) is 5.11 Å². The number of benzene rings is 2. The summed E-state index contributed by atoms with van der Waals surface area (Å²) in [5, 5.41) is 5.81. The van der Waals surface area contributed by atoms with Crippen LogP contribution < -0.4 is 15.4 Å². The summed E-state index contributed by atoms with van der Waals surface area (Å²) >= 11 is 5.27. The molecule has 30 heavy (non-hydrogen) atoms. The SMILES string of the molecule is CCOc1cccc(C(=O)NC(=S)Nc2cccc(C(=O)N3CCC(C)CC3)c2)c1. The molecule has 7 heteroatoms. The Hall–Kier alpha value is -2.93. The monoisotopic (exact) mass is 425 g/mol. The zero-order chi connectivity index (χ0) is 21.5. The number of nitrogens with one attached hydrogen (secondary N) is 2. The van der Waals surface area contributed by atoms with Crippen LogP contribution in [0.1, 0.15) is 47.4 Å². The van der Waals surface area contributed by atoms with E-state index in [0.29, 0.717) is 35.1 Å². The molecule has 158 valence electrons. The fraction of sp³-hybridized carbons (Fsp3) is 0.348. The van der Waals surface area contributed by atoms with Crippen LogP contribution in [0.3, 0.4) is 0 Å². The molecule has 0 unspecified atom stereocenters. The summed E-state index contributed by atoms with van der Waals surface area (Å²) < 4.78 is 5.42. The predicted octanol–water partition coefficient (Wildman–Crippen LogP) is 4.08. The van der Waals surface area contributed by atoms with Gasteiger partial charge in [-0.15, -0.1) is 0 Å². The van der Waals surface area contributed by atoms with Crippen LogP contribution in [0.25, 0.3) is 0 Å². The Morgan fingerprint density at radius 1 is 1.10 bits per heavy atom. The molecule has 2 N–H and O–H groups in total. The van der Waals surface area contributed by atoms with Gasteiger partial charge in [-0.3, -0.25) is 14.9 Å². The number of hydrogen-bond acceptors (Lipinski definition) is 4. The maximum Gasteiger partial charge on any atom is 0.257 e. The first kappa shape index (κ1) is 21.8. The van der Waals surface area contributed by atoms with Crippen LogP contribution in [0.15, 0.2) is 48.5 Å². The predicted molar refractivity (Wildman–Crippen MR) is 122 cm³/mol. The van der Waals surface area contributed by atoms with Crippen molar-refractivity contribution in [2.45, 2.75) is 26.7 Å². The fourth-order valence-corrected chi connectivity index (χ4v) is 3.57. The van der Waals surface area contributed by atoms with E-state index in [-0.39, 0.29) is 16.9 Å². The van der Waals surface area contributed by atoms with Gasteiger partial charge >= 0.3 is 0 Å². The quantitative estimate of drug-likeness (QED) is 0.707. The van der Waals surface area contributed by atoms with Crippen LogP contribution in [0, 0.1) is 5.92 Å². The molecule has 2 amide bonds. The van der Waals surface area contributed by atoms with E-state index in [2.05, 4.69) is 17.6 Å². The molecule has 0 radical (unpaired) electrons. The molecule has 1 saturated heterocycles. The van der Waals surface area contributed by atoms with Crippen LogP contribution in [0.5, 0.6) is 5.75 Å². The Kier molecular flexibility index (Phi) is 7.41. The molecule has 0 atom stereocenters. The van der Waals surface area contributed by atoms with E-state index >= 15 is 0 Å². The number of hydrogen-bond donors (Lipinski definition) is 2. The van der Waals surface area contributed by atoms with Crippen molar-refractivity contribution in [1.82, 2.24) is 10.2 Å². The van der Waals surface area contributed by atoms with E-state index in [4.69, 9.17) is 17.0 Å². The second-order valence-corrected chi connectivity index (χ2v) is 7.83. The maximum atomic E-state index is 12.8. The van der Waals surface area contributed by atoms with Crippen LogP contribution in [-0.2, 0) is 0 Å². The van der Waals surface area contributed by atoms with Gasteiger partial charge in [0.1, 0.15) is 5.75 Å². The normalized spacial score (nSPS) is 14.1. The van der Waals surface area contributed by atoms with Gasteiger partial charge in [-0.1, -0.05) is 19.1 Å². The molecule has 0 bridgehead atoms. The molecule has 3 rings (SSSR count). The van der Waals surface area contributed by atoms with E-state index < -0.39 is 0 Å². The van der Waals surface area contributed by atoms with E-state index in [0.717, 1.165) is 25.9 Å². The van der Waals surface area contributed by atoms with Gasteiger partial charge in [-0.25, -0.2) is 0 Å². The molecule has 1 aliphatic rings. The number of nitrogens with zero attached hydrogens (tertiary/aromatic N) is 1. The highest BCUT2D eigenvalue weighted by molar-refractivity contribution is 7.80. The van der Waals surface area contributed by atoms with Crippen molar-refractivity contribution in [2.24, 2.45) is 5.92 Å². The first-order valence-electron chi connectivity index (χ1n) is 10.2. The summed E-state index contributed by atoms with van der Waals surface area (Å²) in [6, 6.07) is 14.1. The molecule has 6 nitrogen and oxygen atoms in total. The first-order chi connectivity index (χ1) is 14.5. The number of ether oxygens (including phenoxy) is 1. The van der Waals surface area contributed by atoms with Crippen molar-refractivity contribution in [3.05, 3.63) is 59.7 Å². The topological polar surface area (TPSA) is 70.7 Å². The highest BCUT2D eigenvalue weighted by Crippen LogP contribution is 2.20. The molecule has 1 fully saturated rings. The molecule has 0 aliphatic carbocycles. The average molecular weight is 426 g/mol. The smallest absolute Gasteiger partial charge is 0.257 e. The molecule has 1 heterocycles. The highest BCUT2D eigenvalue weighted by atomic mass is 32.1. The number of anilines is 1. The molecule has 0 spiro atoms. The Balaban J connectivity index is 1.60. The van der Waals surface area contributed by atoms with E-state index in [9.17, 15) is 9.59 Å². The van der Waals surface area contributed by atoms with Crippen molar-refractivity contribution < 1.29 is 14.3 Å². The van der Waals surface area contributed by atoms with E-state index in [1.807, 2.05) is 17.9 Å². The van der Waals surface area contributed by atoms with E-state index in [1.54, 1.807) is 42.5 Å². The zero-order valence-electron chi connectivity index (χ0n) is 17.3. The number of amides is 2. The number of rotatable bonds is 5. The Morgan fingerprint density at radius 3 is 2.53 bits per heavy atom. The largest absolute Gasteiger partial charge is 0.494 e. The minimum Gasteiger partial charge on any atom is -0.494 e. The summed E-state index contributed by atoms with van der Waals surface area (Å²) in [5.74, 6) is 0.983. The maximum absolute atomic E-state index is 12.8.